The van der Waals surface area contributed by atoms with Crippen LogP contribution in [0.1, 0.15) is 34.5 Å². The maximum atomic E-state index is 12.0. The summed E-state index contributed by atoms with van der Waals surface area (Å²) in [6, 6.07) is 15.5. The Kier molecular flexibility index (Phi) is 7.19. The van der Waals surface area contributed by atoms with E-state index in [9.17, 15) is 9.59 Å². The second-order valence-electron chi connectivity index (χ2n) is 5.98. The lowest BCUT2D eigenvalue weighted by Crippen LogP contribution is -2.11. The SMILES string of the molecule is O=C(CCCC(=O)c1cccs1)Nc1ccc(SCc2cccnc2)cc1. The number of anilines is 1. The van der Waals surface area contributed by atoms with E-state index in [2.05, 4.69) is 16.4 Å². The monoisotopic (exact) mass is 396 g/mol. The molecule has 27 heavy (non-hydrogen) atoms. The van der Waals surface area contributed by atoms with Gasteiger partial charge in [0.05, 0.1) is 4.88 Å². The summed E-state index contributed by atoms with van der Waals surface area (Å²) in [6.45, 7) is 0. The first-order chi connectivity index (χ1) is 13.2. The third-order valence-electron chi connectivity index (χ3n) is 3.87. The standard InChI is InChI=1S/C21H20N2O2S2/c24-19(20-6-3-13-26-20)5-1-7-21(25)23-17-8-10-18(11-9-17)27-15-16-4-2-12-22-14-16/h2-4,6,8-14H,1,5,7,15H2,(H,23,25). The van der Waals surface area contributed by atoms with Gasteiger partial charge in [0.15, 0.2) is 5.78 Å². The van der Waals surface area contributed by atoms with Crippen LogP contribution in [0.15, 0.2) is 71.2 Å². The topological polar surface area (TPSA) is 59.1 Å². The maximum Gasteiger partial charge on any atom is 0.224 e. The predicted octanol–water partition coefficient (Wildman–Crippen LogP) is 5.43. The number of benzene rings is 1. The maximum absolute atomic E-state index is 12.0. The van der Waals surface area contributed by atoms with Crippen LogP contribution in [-0.4, -0.2) is 16.7 Å². The number of carbonyl (C=O) groups is 2. The van der Waals surface area contributed by atoms with E-state index in [4.69, 9.17) is 0 Å². The van der Waals surface area contributed by atoms with E-state index in [0.29, 0.717) is 19.3 Å². The summed E-state index contributed by atoms with van der Waals surface area (Å²) in [4.78, 5) is 30.0. The van der Waals surface area contributed by atoms with Crippen molar-refractivity contribution in [3.8, 4) is 0 Å². The minimum absolute atomic E-state index is 0.0651. The Morgan fingerprint density at radius 3 is 2.59 bits per heavy atom. The Morgan fingerprint density at radius 2 is 1.89 bits per heavy atom. The molecule has 0 bridgehead atoms. The molecule has 0 aliphatic heterocycles. The molecule has 3 aromatic rings. The first-order valence-corrected chi connectivity index (χ1v) is 10.6. The van der Waals surface area contributed by atoms with Gasteiger partial charge in [-0.3, -0.25) is 14.6 Å². The highest BCUT2D eigenvalue weighted by Gasteiger charge is 2.09. The number of thioether (sulfide) groups is 1. The summed E-state index contributed by atoms with van der Waals surface area (Å²) in [5, 5.41) is 4.77. The van der Waals surface area contributed by atoms with Crippen LogP contribution in [-0.2, 0) is 10.5 Å². The highest BCUT2D eigenvalue weighted by atomic mass is 32.2. The minimum atomic E-state index is -0.0651. The van der Waals surface area contributed by atoms with Crippen LogP contribution in [0.25, 0.3) is 0 Å². The van der Waals surface area contributed by atoms with Crippen LogP contribution in [0, 0.1) is 0 Å². The van der Waals surface area contributed by atoms with E-state index in [-0.39, 0.29) is 11.7 Å². The molecular formula is C21H20N2O2S2. The number of nitrogens with one attached hydrogen (secondary N) is 1. The molecule has 0 aliphatic rings. The number of hydrogen-bond donors (Lipinski definition) is 1. The predicted molar refractivity (Wildman–Crippen MR) is 111 cm³/mol. The van der Waals surface area contributed by atoms with Crippen molar-refractivity contribution in [3.63, 3.8) is 0 Å². The summed E-state index contributed by atoms with van der Waals surface area (Å²) in [7, 11) is 0. The van der Waals surface area contributed by atoms with E-state index in [1.165, 1.54) is 16.9 Å². The van der Waals surface area contributed by atoms with Gasteiger partial charge in [-0.15, -0.1) is 23.1 Å². The van der Waals surface area contributed by atoms with Crippen molar-refractivity contribution in [2.45, 2.75) is 29.9 Å². The number of Topliss-reactive ketones (excluding diaryl/α,β-unsaturated/α-hetero) is 1. The van der Waals surface area contributed by atoms with E-state index >= 15 is 0 Å². The molecule has 1 aromatic carbocycles. The van der Waals surface area contributed by atoms with Crippen LogP contribution in [0.5, 0.6) is 0 Å². The number of ketones is 1. The fourth-order valence-corrected chi connectivity index (χ4v) is 4.01. The highest BCUT2D eigenvalue weighted by molar-refractivity contribution is 7.98. The zero-order valence-electron chi connectivity index (χ0n) is 14.8. The van der Waals surface area contributed by atoms with Gasteiger partial charge in [0.1, 0.15) is 0 Å². The third-order valence-corrected chi connectivity index (χ3v) is 5.86. The lowest BCUT2D eigenvalue weighted by atomic mass is 10.1. The van der Waals surface area contributed by atoms with Crippen LogP contribution < -0.4 is 5.32 Å². The Hall–Kier alpha value is -2.44. The number of nitrogens with zero attached hydrogens (tertiary/aromatic N) is 1. The molecule has 3 rings (SSSR count). The first-order valence-electron chi connectivity index (χ1n) is 8.69. The van der Waals surface area contributed by atoms with Crippen molar-refractivity contribution >= 4 is 40.5 Å². The minimum Gasteiger partial charge on any atom is -0.326 e. The molecule has 0 saturated heterocycles. The van der Waals surface area contributed by atoms with E-state index in [0.717, 1.165) is 21.2 Å². The van der Waals surface area contributed by atoms with Crippen molar-refractivity contribution < 1.29 is 9.59 Å². The zero-order valence-corrected chi connectivity index (χ0v) is 16.4. The summed E-state index contributed by atoms with van der Waals surface area (Å²) < 4.78 is 0. The Balaban J connectivity index is 1.39. The molecular weight excluding hydrogens is 376 g/mol. The number of rotatable bonds is 9. The Morgan fingerprint density at radius 1 is 1.04 bits per heavy atom. The molecule has 2 heterocycles. The molecule has 0 radical (unpaired) electrons. The summed E-state index contributed by atoms with van der Waals surface area (Å²) >= 11 is 3.17. The molecule has 6 heteroatoms. The molecule has 0 atom stereocenters. The van der Waals surface area contributed by atoms with Crippen LogP contribution in [0.2, 0.25) is 0 Å². The van der Waals surface area contributed by atoms with Crippen LogP contribution in [0.4, 0.5) is 5.69 Å². The Labute approximate surface area is 167 Å². The van der Waals surface area contributed by atoms with Crippen molar-refractivity contribution in [1.29, 1.82) is 0 Å². The van der Waals surface area contributed by atoms with Crippen molar-refractivity contribution in [3.05, 3.63) is 76.7 Å². The Bertz CT molecular complexity index is 863. The normalized spacial score (nSPS) is 10.5. The highest BCUT2D eigenvalue weighted by Crippen LogP contribution is 2.24. The molecule has 0 fully saturated rings. The number of thiophene rings is 1. The molecule has 0 spiro atoms. The number of aromatic nitrogens is 1. The molecule has 2 aromatic heterocycles. The van der Waals surface area contributed by atoms with Crippen LogP contribution in [0.3, 0.4) is 0 Å². The number of hydrogen-bond acceptors (Lipinski definition) is 5. The second kappa shape index (κ2) is 10.0. The molecule has 0 saturated carbocycles. The largest absolute Gasteiger partial charge is 0.326 e. The zero-order chi connectivity index (χ0) is 18.9. The summed E-state index contributed by atoms with van der Waals surface area (Å²) in [6.07, 6.45) is 4.93. The van der Waals surface area contributed by atoms with Gasteiger partial charge in [-0.1, -0.05) is 12.1 Å². The molecule has 1 amide bonds. The third kappa shape index (κ3) is 6.34. The fourth-order valence-electron chi connectivity index (χ4n) is 2.48. The number of amides is 1. The van der Waals surface area contributed by atoms with Gasteiger partial charge >= 0.3 is 0 Å². The van der Waals surface area contributed by atoms with Gasteiger partial charge in [0.2, 0.25) is 5.91 Å². The molecule has 4 nitrogen and oxygen atoms in total. The lowest BCUT2D eigenvalue weighted by Gasteiger charge is -2.07. The smallest absolute Gasteiger partial charge is 0.224 e. The summed E-state index contributed by atoms with van der Waals surface area (Å²) in [5.74, 6) is 0.898. The quantitative estimate of drug-likeness (QED) is 0.387. The van der Waals surface area contributed by atoms with Gasteiger partial charge in [-0.25, -0.2) is 0 Å². The fraction of sp³-hybridized carbons (Fsp3) is 0.190. The number of carbonyl (C=O) groups excluding carboxylic acids is 2. The van der Waals surface area contributed by atoms with Crippen molar-refractivity contribution in [2.75, 3.05) is 5.32 Å². The van der Waals surface area contributed by atoms with E-state index in [1.54, 1.807) is 18.0 Å². The van der Waals surface area contributed by atoms with Gasteiger partial charge in [-0.2, -0.15) is 0 Å². The molecule has 138 valence electrons. The van der Waals surface area contributed by atoms with E-state index in [1.807, 2.05) is 54.0 Å². The lowest BCUT2D eigenvalue weighted by molar-refractivity contribution is -0.116. The van der Waals surface area contributed by atoms with E-state index < -0.39 is 0 Å². The van der Waals surface area contributed by atoms with Crippen molar-refractivity contribution in [1.82, 2.24) is 4.98 Å². The van der Waals surface area contributed by atoms with Crippen molar-refractivity contribution in [2.24, 2.45) is 0 Å². The van der Waals surface area contributed by atoms with Gasteiger partial charge < -0.3 is 5.32 Å². The average Bonchev–Trinajstić information content (AvgIpc) is 3.23. The number of pyridine rings is 1. The molecule has 1 N–H and O–H groups in total. The second-order valence-corrected chi connectivity index (χ2v) is 7.97. The molecule has 0 unspecified atom stereocenters. The van der Waals surface area contributed by atoms with Gasteiger partial charge in [0, 0.05) is 41.6 Å². The summed E-state index contributed by atoms with van der Waals surface area (Å²) in [5.41, 5.74) is 1.95. The molecule has 0 aliphatic carbocycles. The first kappa shape index (κ1) is 19.3. The van der Waals surface area contributed by atoms with Crippen LogP contribution >= 0.6 is 23.1 Å². The van der Waals surface area contributed by atoms with Gasteiger partial charge in [-0.05, 0) is 53.8 Å². The average molecular weight is 397 g/mol. The van der Waals surface area contributed by atoms with Gasteiger partial charge in [0.25, 0.3) is 0 Å².